The minimum absolute atomic E-state index is 0.0241. The number of aromatic nitrogens is 2. The zero-order valence-electron chi connectivity index (χ0n) is 15.4. The molecule has 0 aliphatic heterocycles. The lowest BCUT2D eigenvalue weighted by atomic mass is 10.0. The molecule has 146 valence electrons. The molecule has 0 radical (unpaired) electrons. The SMILES string of the molecule is O=C(CNCCOCC(Cc1ccccc1)C(=O)O)c1ccc2nc[nH]c2c1. The molecule has 0 saturated heterocycles. The van der Waals surface area contributed by atoms with E-state index in [1.165, 1.54) is 0 Å². The first-order valence-corrected chi connectivity index (χ1v) is 9.15. The van der Waals surface area contributed by atoms with Crippen molar-refractivity contribution in [2.75, 3.05) is 26.3 Å². The fourth-order valence-electron chi connectivity index (χ4n) is 2.90. The maximum Gasteiger partial charge on any atom is 0.309 e. The van der Waals surface area contributed by atoms with Gasteiger partial charge in [0.05, 0.1) is 43.0 Å². The van der Waals surface area contributed by atoms with Crippen LogP contribution in [0.5, 0.6) is 0 Å². The summed E-state index contributed by atoms with van der Waals surface area (Å²) in [6.07, 6.45) is 2.02. The monoisotopic (exact) mass is 381 g/mol. The molecule has 1 atom stereocenters. The predicted octanol–water partition coefficient (Wildman–Crippen LogP) is 2.30. The molecule has 1 heterocycles. The number of carbonyl (C=O) groups excluding carboxylic acids is 1. The van der Waals surface area contributed by atoms with Gasteiger partial charge in [-0.15, -0.1) is 0 Å². The smallest absolute Gasteiger partial charge is 0.309 e. The summed E-state index contributed by atoms with van der Waals surface area (Å²) in [5, 5.41) is 12.4. The Labute approximate surface area is 162 Å². The first-order valence-electron chi connectivity index (χ1n) is 9.15. The predicted molar refractivity (Wildman–Crippen MR) is 105 cm³/mol. The molecule has 3 N–H and O–H groups in total. The number of aliphatic carboxylic acids is 1. The Balaban J connectivity index is 1.36. The largest absolute Gasteiger partial charge is 0.481 e. The van der Waals surface area contributed by atoms with E-state index in [9.17, 15) is 14.7 Å². The number of benzene rings is 2. The second kappa shape index (κ2) is 9.77. The molecule has 0 saturated carbocycles. The van der Waals surface area contributed by atoms with Crippen molar-refractivity contribution in [3.05, 3.63) is 66.0 Å². The number of nitrogens with zero attached hydrogens (tertiary/aromatic N) is 1. The van der Waals surface area contributed by atoms with E-state index in [-0.39, 0.29) is 18.9 Å². The van der Waals surface area contributed by atoms with Gasteiger partial charge in [-0.25, -0.2) is 4.98 Å². The van der Waals surface area contributed by atoms with Crippen LogP contribution in [0, 0.1) is 5.92 Å². The van der Waals surface area contributed by atoms with E-state index in [0.29, 0.717) is 25.1 Å². The van der Waals surface area contributed by atoms with Crippen molar-refractivity contribution >= 4 is 22.8 Å². The van der Waals surface area contributed by atoms with Crippen LogP contribution in [0.2, 0.25) is 0 Å². The molecule has 1 aromatic heterocycles. The van der Waals surface area contributed by atoms with Crippen molar-refractivity contribution < 1.29 is 19.4 Å². The van der Waals surface area contributed by atoms with E-state index < -0.39 is 11.9 Å². The van der Waals surface area contributed by atoms with Crippen LogP contribution in [0.15, 0.2) is 54.9 Å². The van der Waals surface area contributed by atoms with Crippen molar-refractivity contribution in [3.8, 4) is 0 Å². The third kappa shape index (κ3) is 5.48. The van der Waals surface area contributed by atoms with Crippen molar-refractivity contribution in [3.63, 3.8) is 0 Å². The molecule has 0 fully saturated rings. The van der Waals surface area contributed by atoms with Gasteiger partial charge in [0.1, 0.15) is 0 Å². The number of ether oxygens (including phenoxy) is 1. The normalized spacial score (nSPS) is 12.1. The van der Waals surface area contributed by atoms with E-state index in [4.69, 9.17) is 4.74 Å². The minimum Gasteiger partial charge on any atom is -0.481 e. The highest BCUT2D eigenvalue weighted by atomic mass is 16.5. The van der Waals surface area contributed by atoms with Gasteiger partial charge < -0.3 is 20.1 Å². The second-order valence-corrected chi connectivity index (χ2v) is 6.53. The number of nitrogens with one attached hydrogen (secondary N) is 2. The fraction of sp³-hybridized carbons (Fsp3) is 0.286. The average Bonchev–Trinajstić information content (AvgIpc) is 3.18. The molecule has 7 heteroatoms. The van der Waals surface area contributed by atoms with Crippen molar-refractivity contribution in [1.82, 2.24) is 15.3 Å². The number of carbonyl (C=O) groups is 2. The van der Waals surface area contributed by atoms with Gasteiger partial charge in [-0.05, 0) is 30.2 Å². The molecular formula is C21H23N3O4. The Morgan fingerprint density at radius 3 is 2.79 bits per heavy atom. The van der Waals surface area contributed by atoms with E-state index in [0.717, 1.165) is 16.6 Å². The molecule has 1 unspecified atom stereocenters. The number of hydrogen-bond acceptors (Lipinski definition) is 5. The number of H-pyrrole nitrogens is 1. The number of ketones is 1. The number of aromatic amines is 1. The van der Waals surface area contributed by atoms with Crippen molar-refractivity contribution in [1.29, 1.82) is 0 Å². The quantitative estimate of drug-likeness (QED) is 0.348. The summed E-state index contributed by atoms with van der Waals surface area (Å²) in [5.41, 5.74) is 3.23. The Hall–Kier alpha value is -3.03. The topological polar surface area (TPSA) is 104 Å². The van der Waals surface area contributed by atoms with Crippen LogP contribution in [0.25, 0.3) is 11.0 Å². The second-order valence-electron chi connectivity index (χ2n) is 6.53. The van der Waals surface area contributed by atoms with Crippen LogP contribution in [-0.2, 0) is 16.0 Å². The summed E-state index contributed by atoms with van der Waals surface area (Å²) < 4.78 is 5.50. The van der Waals surface area contributed by atoms with Gasteiger partial charge in [0, 0.05) is 12.1 Å². The maximum atomic E-state index is 12.2. The Bertz CT molecular complexity index is 924. The van der Waals surface area contributed by atoms with Crippen LogP contribution in [0.3, 0.4) is 0 Å². The standard InChI is InChI=1S/C21H23N3O4/c25-20(16-6-7-18-19(11-16)24-14-23-18)12-22-8-9-28-13-17(21(26)27)10-15-4-2-1-3-5-15/h1-7,11,14,17,22H,8-10,12-13H2,(H,23,24)(H,26,27). The lowest BCUT2D eigenvalue weighted by Crippen LogP contribution is -2.28. The summed E-state index contributed by atoms with van der Waals surface area (Å²) in [5.74, 6) is -1.49. The number of imidazole rings is 1. The molecule has 0 bridgehead atoms. The van der Waals surface area contributed by atoms with Gasteiger partial charge in [-0.2, -0.15) is 0 Å². The molecule has 7 nitrogen and oxygen atoms in total. The molecule has 28 heavy (non-hydrogen) atoms. The van der Waals surface area contributed by atoms with Gasteiger partial charge >= 0.3 is 5.97 Å². The number of rotatable bonds is 11. The van der Waals surface area contributed by atoms with E-state index in [1.54, 1.807) is 24.5 Å². The first kappa shape index (κ1) is 19.7. The van der Waals surface area contributed by atoms with Gasteiger partial charge in [0.25, 0.3) is 0 Å². The van der Waals surface area contributed by atoms with E-state index >= 15 is 0 Å². The highest BCUT2D eigenvalue weighted by Gasteiger charge is 2.18. The fourth-order valence-corrected chi connectivity index (χ4v) is 2.90. The molecule has 0 amide bonds. The number of carboxylic acids is 1. The minimum atomic E-state index is -0.874. The van der Waals surface area contributed by atoms with Crippen LogP contribution in [0.1, 0.15) is 15.9 Å². The summed E-state index contributed by atoms with van der Waals surface area (Å²) >= 11 is 0. The van der Waals surface area contributed by atoms with Crippen LogP contribution < -0.4 is 5.32 Å². The third-order valence-corrected chi connectivity index (χ3v) is 4.44. The average molecular weight is 381 g/mol. The van der Waals surface area contributed by atoms with Gasteiger partial charge in [-0.3, -0.25) is 9.59 Å². The molecule has 0 aliphatic rings. The van der Waals surface area contributed by atoms with Gasteiger partial charge in [0.2, 0.25) is 0 Å². The summed E-state index contributed by atoms with van der Waals surface area (Å²) in [6.45, 7) is 1.13. The zero-order valence-corrected chi connectivity index (χ0v) is 15.4. The Morgan fingerprint density at radius 1 is 1.18 bits per heavy atom. The van der Waals surface area contributed by atoms with E-state index in [2.05, 4.69) is 15.3 Å². The zero-order chi connectivity index (χ0) is 19.8. The number of Topliss-reactive ketones (excluding diaryl/α,β-unsaturated/α-hetero) is 1. The lowest BCUT2D eigenvalue weighted by Gasteiger charge is -2.13. The molecule has 0 aliphatic carbocycles. The van der Waals surface area contributed by atoms with Crippen LogP contribution in [-0.4, -0.2) is 53.1 Å². The molecular weight excluding hydrogens is 358 g/mol. The van der Waals surface area contributed by atoms with Crippen LogP contribution in [0.4, 0.5) is 0 Å². The number of hydrogen-bond donors (Lipinski definition) is 3. The number of fused-ring (bicyclic) bond motifs is 1. The molecule has 3 rings (SSSR count). The summed E-state index contributed by atoms with van der Waals surface area (Å²) in [6, 6.07) is 14.8. The van der Waals surface area contributed by atoms with Gasteiger partial charge in [0.15, 0.2) is 5.78 Å². The van der Waals surface area contributed by atoms with E-state index in [1.807, 2.05) is 30.3 Å². The first-order chi connectivity index (χ1) is 13.6. The van der Waals surface area contributed by atoms with Crippen molar-refractivity contribution in [2.45, 2.75) is 6.42 Å². The highest BCUT2D eigenvalue weighted by molar-refractivity contribution is 6.00. The van der Waals surface area contributed by atoms with Crippen molar-refractivity contribution in [2.24, 2.45) is 5.92 Å². The lowest BCUT2D eigenvalue weighted by molar-refractivity contribution is -0.143. The Kier molecular flexibility index (Phi) is 6.89. The van der Waals surface area contributed by atoms with Gasteiger partial charge in [-0.1, -0.05) is 30.3 Å². The third-order valence-electron chi connectivity index (χ3n) is 4.44. The van der Waals surface area contributed by atoms with Crippen LogP contribution >= 0.6 is 0 Å². The molecule has 2 aromatic carbocycles. The maximum absolute atomic E-state index is 12.2. The highest BCUT2D eigenvalue weighted by Crippen LogP contribution is 2.12. The Morgan fingerprint density at radius 2 is 2.00 bits per heavy atom. The summed E-state index contributed by atoms with van der Waals surface area (Å²) in [4.78, 5) is 30.7. The molecule has 3 aromatic rings. The summed E-state index contributed by atoms with van der Waals surface area (Å²) in [7, 11) is 0. The molecule has 0 spiro atoms. The number of carboxylic acid groups (broad SMARTS) is 1.